The number of phenolic OH excluding ortho intramolecular Hbond substituents is 1. The van der Waals surface area contributed by atoms with Crippen molar-refractivity contribution in [3.63, 3.8) is 0 Å². The number of carbonyl (C=O) groups is 2. The molecule has 0 aromatic heterocycles. The topological polar surface area (TPSA) is 88.5 Å². The van der Waals surface area contributed by atoms with E-state index in [1.54, 1.807) is 49.5 Å². The van der Waals surface area contributed by atoms with E-state index in [1.165, 1.54) is 0 Å². The lowest BCUT2D eigenvalue weighted by Crippen LogP contribution is -2.59. The molecular formula is C31H42N2O6. The fraction of sp³-hybridized carbons (Fsp3) is 0.548. The van der Waals surface area contributed by atoms with Gasteiger partial charge in [-0.2, -0.15) is 0 Å². The van der Waals surface area contributed by atoms with Gasteiger partial charge in [-0.1, -0.05) is 37.1 Å². The normalized spacial score (nSPS) is 24.4. The molecule has 0 saturated carbocycles. The van der Waals surface area contributed by atoms with Gasteiger partial charge in [-0.3, -0.25) is 19.6 Å². The summed E-state index contributed by atoms with van der Waals surface area (Å²) in [6.45, 7) is 1.49. The molecule has 8 heteroatoms. The highest BCUT2D eigenvalue weighted by molar-refractivity contribution is 5.89. The highest BCUT2D eigenvalue weighted by atomic mass is 16.5. The van der Waals surface area contributed by atoms with E-state index >= 15 is 0 Å². The first-order valence-electron chi connectivity index (χ1n) is 13.9. The molecule has 0 radical (unpaired) electrons. The van der Waals surface area contributed by atoms with Gasteiger partial charge in [0.1, 0.15) is 11.5 Å². The Balaban J connectivity index is 1.68. The number of hydrazine groups is 1. The number of nitrogens with zero attached hydrogens (tertiary/aromatic N) is 2. The van der Waals surface area contributed by atoms with Crippen molar-refractivity contribution in [2.45, 2.75) is 51.4 Å². The molecule has 0 spiro atoms. The van der Waals surface area contributed by atoms with E-state index < -0.39 is 10.8 Å². The maximum Gasteiger partial charge on any atom is 0.250 e. The van der Waals surface area contributed by atoms with E-state index in [0.717, 1.165) is 42.6 Å². The standard InChI is InChI=1S/C31H42N2O6/c1-37-22-30(20-24-10-8-12-26(34)18-24)14-4-6-16-32(28(30)35)33-17-7-5-15-31(23-38-2,29(33)36)21-25-11-9-13-27(19-25)39-3/h8-13,18-19,34H,4-7,14-17,20-23H2,1-3H3. The van der Waals surface area contributed by atoms with E-state index in [1.807, 2.05) is 30.3 Å². The van der Waals surface area contributed by atoms with Gasteiger partial charge in [-0.15, -0.1) is 0 Å². The summed E-state index contributed by atoms with van der Waals surface area (Å²) >= 11 is 0. The van der Waals surface area contributed by atoms with Gasteiger partial charge in [-0.05, 0) is 73.9 Å². The smallest absolute Gasteiger partial charge is 0.250 e. The minimum Gasteiger partial charge on any atom is -0.508 e. The molecule has 2 aromatic carbocycles. The van der Waals surface area contributed by atoms with Crippen molar-refractivity contribution in [1.29, 1.82) is 0 Å². The fourth-order valence-electron chi connectivity index (χ4n) is 6.36. The Morgan fingerprint density at radius 2 is 1.26 bits per heavy atom. The number of aromatic hydroxyl groups is 1. The number of amides is 2. The molecule has 4 rings (SSSR count). The SMILES string of the molecule is COCC1(Cc2cccc(O)c2)CCCCN(N2CCCCC(COC)(Cc3cccc(OC)c3)C2=O)C1=O. The molecule has 2 aliphatic heterocycles. The summed E-state index contributed by atoms with van der Waals surface area (Å²) in [6, 6.07) is 14.9. The van der Waals surface area contributed by atoms with Crippen LogP contribution in [0, 0.1) is 10.8 Å². The van der Waals surface area contributed by atoms with Crippen LogP contribution in [0.5, 0.6) is 11.5 Å². The summed E-state index contributed by atoms with van der Waals surface area (Å²) in [6.07, 6.45) is 5.59. The zero-order valence-electron chi connectivity index (χ0n) is 23.5. The number of rotatable bonds is 10. The fourth-order valence-corrected chi connectivity index (χ4v) is 6.36. The number of hydrogen-bond acceptors (Lipinski definition) is 6. The monoisotopic (exact) mass is 538 g/mol. The van der Waals surface area contributed by atoms with Gasteiger partial charge in [0.25, 0.3) is 0 Å². The van der Waals surface area contributed by atoms with Crippen LogP contribution >= 0.6 is 0 Å². The van der Waals surface area contributed by atoms with Gasteiger partial charge in [0.15, 0.2) is 0 Å². The largest absolute Gasteiger partial charge is 0.508 e. The van der Waals surface area contributed by atoms with Crippen LogP contribution < -0.4 is 4.74 Å². The van der Waals surface area contributed by atoms with E-state index in [2.05, 4.69) is 0 Å². The third-order valence-corrected chi connectivity index (χ3v) is 8.19. The van der Waals surface area contributed by atoms with Gasteiger partial charge in [0.05, 0.1) is 31.2 Å². The average Bonchev–Trinajstić information content (AvgIpc) is 3.17. The zero-order chi connectivity index (χ0) is 27.9. The summed E-state index contributed by atoms with van der Waals surface area (Å²) in [7, 11) is 4.88. The Hall–Kier alpha value is -3.10. The van der Waals surface area contributed by atoms with E-state index in [9.17, 15) is 14.7 Å². The highest BCUT2D eigenvalue weighted by Gasteiger charge is 2.49. The van der Waals surface area contributed by atoms with Crippen LogP contribution in [0.2, 0.25) is 0 Å². The maximum atomic E-state index is 14.5. The first-order chi connectivity index (χ1) is 18.9. The van der Waals surface area contributed by atoms with Gasteiger partial charge in [0, 0.05) is 27.3 Å². The Morgan fingerprint density at radius 3 is 1.74 bits per heavy atom. The Labute approximate surface area is 231 Å². The average molecular weight is 539 g/mol. The Morgan fingerprint density at radius 1 is 0.744 bits per heavy atom. The van der Waals surface area contributed by atoms with Crippen molar-refractivity contribution >= 4 is 11.8 Å². The molecule has 2 fully saturated rings. The number of carbonyl (C=O) groups excluding carboxylic acids is 2. The Kier molecular flexibility index (Phi) is 9.51. The maximum absolute atomic E-state index is 14.5. The molecule has 0 bridgehead atoms. The van der Waals surface area contributed by atoms with Gasteiger partial charge in [0.2, 0.25) is 11.8 Å². The molecule has 2 atom stereocenters. The van der Waals surface area contributed by atoms with E-state index in [0.29, 0.717) is 38.8 Å². The third-order valence-electron chi connectivity index (χ3n) is 8.19. The molecule has 2 heterocycles. The second-order valence-electron chi connectivity index (χ2n) is 11.1. The molecule has 1 N–H and O–H groups in total. The van der Waals surface area contributed by atoms with E-state index in [-0.39, 0.29) is 30.8 Å². The highest BCUT2D eigenvalue weighted by Crippen LogP contribution is 2.40. The Bertz CT molecular complexity index is 1140. The van der Waals surface area contributed by atoms with Crippen molar-refractivity contribution in [2.24, 2.45) is 10.8 Å². The molecule has 2 amide bonds. The van der Waals surface area contributed by atoms with Crippen LogP contribution in [-0.4, -0.2) is 74.6 Å². The van der Waals surface area contributed by atoms with Gasteiger partial charge >= 0.3 is 0 Å². The summed E-state index contributed by atoms with van der Waals surface area (Å²) in [4.78, 5) is 29.0. The van der Waals surface area contributed by atoms with Gasteiger partial charge < -0.3 is 19.3 Å². The van der Waals surface area contributed by atoms with Crippen molar-refractivity contribution in [3.05, 3.63) is 59.7 Å². The quantitative estimate of drug-likeness (QED) is 0.483. The minimum atomic E-state index is -0.831. The summed E-state index contributed by atoms with van der Waals surface area (Å²) in [5.74, 6) is 0.760. The second kappa shape index (κ2) is 12.8. The van der Waals surface area contributed by atoms with Gasteiger partial charge in [-0.25, -0.2) is 0 Å². The molecule has 2 unspecified atom stereocenters. The lowest BCUT2D eigenvalue weighted by Gasteiger charge is -2.43. The summed E-state index contributed by atoms with van der Waals surface area (Å²) < 4.78 is 16.7. The molecular weight excluding hydrogens is 496 g/mol. The van der Waals surface area contributed by atoms with Crippen LogP contribution in [0.4, 0.5) is 0 Å². The van der Waals surface area contributed by atoms with Crippen molar-refractivity contribution < 1.29 is 28.9 Å². The number of methoxy groups -OCH3 is 3. The predicted octanol–water partition coefficient (Wildman–Crippen LogP) is 4.39. The molecule has 8 nitrogen and oxygen atoms in total. The molecule has 2 aromatic rings. The van der Waals surface area contributed by atoms with Crippen LogP contribution in [0.25, 0.3) is 0 Å². The lowest BCUT2D eigenvalue weighted by molar-refractivity contribution is -0.178. The van der Waals surface area contributed by atoms with Crippen LogP contribution in [0.3, 0.4) is 0 Å². The zero-order valence-corrected chi connectivity index (χ0v) is 23.5. The second-order valence-corrected chi connectivity index (χ2v) is 11.1. The van der Waals surface area contributed by atoms with Crippen molar-refractivity contribution in [1.82, 2.24) is 10.0 Å². The molecule has 0 aliphatic carbocycles. The molecule has 2 aliphatic rings. The third kappa shape index (κ3) is 6.39. The number of ether oxygens (including phenoxy) is 3. The van der Waals surface area contributed by atoms with E-state index in [4.69, 9.17) is 14.2 Å². The summed E-state index contributed by atoms with van der Waals surface area (Å²) in [5.41, 5.74) is 0.249. The first kappa shape index (κ1) is 28.9. The van der Waals surface area contributed by atoms with Crippen LogP contribution in [0.1, 0.15) is 49.7 Å². The number of phenols is 1. The minimum absolute atomic E-state index is 0.0661. The van der Waals surface area contributed by atoms with Crippen molar-refractivity contribution in [2.75, 3.05) is 47.6 Å². The lowest BCUT2D eigenvalue weighted by atomic mass is 9.77. The number of benzene rings is 2. The molecule has 212 valence electrons. The predicted molar refractivity (Wildman–Crippen MR) is 148 cm³/mol. The summed E-state index contributed by atoms with van der Waals surface area (Å²) in [5, 5.41) is 13.5. The van der Waals surface area contributed by atoms with Crippen LogP contribution in [-0.2, 0) is 31.9 Å². The molecule has 39 heavy (non-hydrogen) atoms. The van der Waals surface area contributed by atoms with Crippen molar-refractivity contribution in [3.8, 4) is 11.5 Å². The molecule has 2 saturated heterocycles. The van der Waals surface area contributed by atoms with Crippen LogP contribution in [0.15, 0.2) is 48.5 Å². The number of hydrogen-bond donors (Lipinski definition) is 1. The first-order valence-corrected chi connectivity index (χ1v) is 13.9.